The number of carbonyl (C=O) groups is 2. The third-order valence-corrected chi connectivity index (χ3v) is 7.13. The van der Waals surface area contributed by atoms with Crippen LogP contribution < -0.4 is 4.74 Å². The van der Waals surface area contributed by atoms with Crippen molar-refractivity contribution in [3.05, 3.63) is 41.4 Å². The fraction of sp³-hybridized carbons (Fsp3) is 0.583. The zero-order valence-corrected chi connectivity index (χ0v) is 21.3. The molecule has 0 saturated carbocycles. The number of rotatable bonds is 8. The highest BCUT2D eigenvalue weighted by Crippen LogP contribution is 2.28. The molecule has 1 aromatic carbocycles. The van der Waals surface area contributed by atoms with Crippen molar-refractivity contribution in [3.63, 3.8) is 0 Å². The van der Waals surface area contributed by atoms with Crippen molar-refractivity contribution in [3.8, 4) is 5.75 Å². The number of likely N-dealkylation sites (tertiary alicyclic amines) is 1. The van der Waals surface area contributed by atoms with Gasteiger partial charge in [0.1, 0.15) is 24.5 Å². The lowest BCUT2D eigenvalue weighted by Crippen LogP contribution is -2.51. The maximum absolute atomic E-state index is 13.1. The van der Waals surface area contributed by atoms with Gasteiger partial charge in [0.2, 0.25) is 11.8 Å². The summed E-state index contributed by atoms with van der Waals surface area (Å²) in [7, 11) is 2.08. The monoisotopic (exact) mass is 532 g/mol. The first-order valence-electron chi connectivity index (χ1n) is 12.0. The lowest BCUT2D eigenvalue weighted by atomic mass is 9.90. The Morgan fingerprint density at radius 2 is 1.94 bits per heavy atom. The Morgan fingerprint density at radius 1 is 1.12 bits per heavy atom. The Morgan fingerprint density at radius 3 is 2.68 bits per heavy atom. The fourth-order valence-electron chi connectivity index (χ4n) is 4.61. The Balaban J connectivity index is 1.38. The Kier molecular flexibility index (Phi) is 8.55. The predicted octanol–water partition coefficient (Wildman–Crippen LogP) is 2.28. The van der Waals surface area contributed by atoms with Crippen LogP contribution in [0.3, 0.4) is 0 Å². The van der Waals surface area contributed by atoms with Crippen LogP contribution in [0, 0.1) is 5.92 Å². The average molecular weight is 533 g/mol. The summed E-state index contributed by atoms with van der Waals surface area (Å²) < 4.78 is 9.04. The number of likely N-dealkylation sites (N-methyl/N-ethyl adjacent to an activating group) is 1. The number of halogens is 1. The lowest BCUT2D eigenvalue weighted by molar-refractivity contribution is -0.140. The van der Waals surface area contributed by atoms with Crippen molar-refractivity contribution in [2.24, 2.45) is 5.92 Å². The van der Waals surface area contributed by atoms with Gasteiger partial charge in [-0.25, -0.2) is 4.98 Å². The minimum Gasteiger partial charge on any atom is -0.490 e. The van der Waals surface area contributed by atoms with Crippen LogP contribution in [-0.4, -0.2) is 93.7 Å². The molecule has 0 radical (unpaired) electrons. The number of ether oxygens (including phenoxy) is 1. The number of amides is 2. The Labute approximate surface area is 209 Å². The van der Waals surface area contributed by atoms with Crippen LogP contribution in [-0.2, 0) is 16.1 Å². The van der Waals surface area contributed by atoms with Crippen LogP contribution in [0.2, 0.25) is 0 Å². The van der Waals surface area contributed by atoms with Crippen molar-refractivity contribution < 1.29 is 14.3 Å². The van der Waals surface area contributed by atoms with E-state index in [-0.39, 0.29) is 23.8 Å². The van der Waals surface area contributed by atoms with E-state index < -0.39 is 0 Å². The summed E-state index contributed by atoms with van der Waals surface area (Å²) in [5.74, 6) is 1.02. The van der Waals surface area contributed by atoms with E-state index >= 15 is 0 Å². The number of carbonyl (C=O) groups excluding carboxylic acids is 2. The normalized spacial score (nSPS) is 21.5. The van der Waals surface area contributed by atoms with Crippen LogP contribution in [0.4, 0.5) is 0 Å². The molecule has 0 N–H and O–H groups in total. The summed E-state index contributed by atoms with van der Waals surface area (Å²) in [6, 6.07) is 7.78. The van der Waals surface area contributed by atoms with Gasteiger partial charge in [0.15, 0.2) is 0 Å². The average Bonchev–Trinajstić information content (AvgIpc) is 3.34. The van der Waals surface area contributed by atoms with Gasteiger partial charge in [-0.2, -0.15) is 5.10 Å². The van der Waals surface area contributed by atoms with E-state index in [9.17, 15) is 9.59 Å². The minimum atomic E-state index is -0.107. The summed E-state index contributed by atoms with van der Waals surface area (Å²) in [6.07, 6.45) is 5.32. The Bertz CT molecular complexity index is 948. The van der Waals surface area contributed by atoms with Gasteiger partial charge in [0, 0.05) is 75.5 Å². The first kappa shape index (κ1) is 24.7. The third-order valence-electron chi connectivity index (χ3n) is 6.64. The second-order valence-corrected chi connectivity index (χ2v) is 10.1. The molecule has 2 aromatic rings. The molecular weight excluding hydrogens is 500 g/mol. The third kappa shape index (κ3) is 6.79. The lowest BCUT2D eigenvalue weighted by Gasteiger charge is -2.40. The molecule has 4 rings (SSSR count). The maximum atomic E-state index is 13.1. The summed E-state index contributed by atoms with van der Waals surface area (Å²) in [5, 5.41) is 4.09. The van der Waals surface area contributed by atoms with Gasteiger partial charge >= 0.3 is 0 Å². The van der Waals surface area contributed by atoms with E-state index in [1.807, 2.05) is 34.1 Å². The molecule has 2 atom stereocenters. The van der Waals surface area contributed by atoms with Crippen molar-refractivity contribution in [1.82, 2.24) is 29.5 Å². The molecule has 2 amide bonds. The van der Waals surface area contributed by atoms with Gasteiger partial charge in [0.05, 0.1) is 0 Å². The van der Waals surface area contributed by atoms with Crippen LogP contribution in [0.1, 0.15) is 25.7 Å². The first-order chi connectivity index (χ1) is 16.5. The minimum absolute atomic E-state index is 0.0425. The van der Waals surface area contributed by atoms with E-state index in [1.165, 1.54) is 6.33 Å². The number of aryl methyl sites for hydroxylation is 1. The van der Waals surface area contributed by atoms with Gasteiger partial charge in [-0.1, -0.05) is 22.0 Å². The molecule has 3 heterocycles. The number of piperidine rings is 1. The molecule has 184 valence electrons. The summed E-state index contributed by atoms with van der Waals surface area (Å²) in [6.45, 7) is 5.14. The maximum Gasteiger partial charge on any atom is 0.223 e. The molecule has 2 aliphatic heterocycles. The molecule has 0 bridgehead atoms. The number of nitrogens with zero attached hydrogens (tertiary/aromatic N) is 6. The van der Waals surface area contributed by atoms with Gasteiger partial charge in [-0.05, 0) is 31.7 Å². The molecule has 34 heavy (non-hydrogen) atoms. The number of hydrogen-bond donors (Lipinski definition) is 0. The first-order valence-corrected chi connectivity index (χ1v) is 12.8. The van der Waals surface area contributed by atoms with E-state index in [4.69, 9.17) is 4.74 Å². The second kappa shape index (κ2) is 11.8. The SMILES string of the molecule is CN1CCN(C(=O)C[C@H]2CN(C(=O)CCCn3cncn3)CC[C@@H]2Oc2cccc(Br)c2)CC1. The molecule has 0 unspecified atom stereocenters. The van der Waals surface area contributed by atoms with Crippen molar-refractivity contribution in [2.45, 2.75) is 38.3 Å². The zero-order chi connectivity index (χ0) is 23.9. The molecule has 2 fully saturated rings. The molecule has 0 spiro atoms. The fourth-order valence-corrected chi connectivity index (χ4v) is 4.99. The number of piperazine rings is 1. The summed E-state index contributed by atoms with van der Waals surface area (Å²) >= 11 is 3.50. The largest absolute Gasteiger partial charge is 0.490 e. The van der Waals surface area contributed by atoms with Gasteiger partial charge in [0.25, 0.3) is 0 Å². The van der Waals surface area contributed by atoms with Crippen molar-refractivity contribution >= 4 is 27.7 Å². The van der Waals surface area contributed by atoms with E-state index in [0.717, 1.165) is 36.4 Å². The van der Waals surface area contributed by atoms with Gasteiger partial charge in [-0.15, -0.1) is 0 Å². The van der Waals surface area contributed by atoms with Crippen molar-refractivity contribution in [2.75, 3.05) is 46.3 Å². The molecule has 2 saturated heterocycles. The van der Waals surface area contributed by atoms with Gasteiger partial charge in [-0.3, -0.25) is 14.3 Å². The standard InChI is InChI=1S/C24H33BrN6O3/c1-28-10-12-29(13-11-28)24(33)14-19-16-30(23(32)6-3-8-31-18-26-17-27-31)9-7-22(19)34-21-5-2-4-20(25)15-21/h2,4-5,15,17-19,22H,3,6-14,16H2,1H3/t19-,22-/m0/s1. The zero-order valence-electron chi connectivity index (χ0n) is 19.7. The quantitative estimate of drug-likeness (QED) is 0.518. The molecule has 10 heteroatoms. The predicted molar refractivity (Wildman–Crippen MR) is 131 cm³/mol. The van der Waals surface area contributed by atoms with E-state index in [2.05, 4.69) is 38.0 Å². The van der Waals surface area contributed by atoms with E-state index in [1.54, 1.807) is 11.0 Å². The van der Waals surface area contributed by atoms with Crippen LogP contribution >= 0.6 is 15.9 Å². The highest BCUT2D eigenvalue weighted by atomic mass is 79.9. The molecule has 0 aliphatic carbocycles. The number of benzene rings is 1. The summed E-state index contributed by atoms with van der Waals surface area (Å²) in [4.78, 5) is 36.1. The molecule has 9 nitrogen and oxygen atoms in total. The topological polar surface area (TPSA) is 83.8 Å². The molecular formula is C24H33BrN6O3. The molecule has 2 aliphatic rings. The van der Waals surface area contributed by atoms with Crippen LogP contribution in [0.5, 0.6) is 5.75 Å². The number of hydrogen-bond acceptors (Lipinski definition) is 6. The highest BCUT2D eigenvalue weighted by Gasteiger charge is 2.35. The van der Waals surface area contributed by atoms with Crippen molar-refractivity contribution in [1.29, 1.82) is 0 Å². The molecule has 1 aromatic heterocycles. The van der Waals surface area contributed by atoms with Crippen LogP contribution in [0.25, 0.3) is 0 Å². The van der Waals surface area contributed by atoms with E-state index in [0.29, 0.717) is 45.3 Å². The van der Waals surface area contributed by atoms with Crippen LogP contribution in [0.15, 0.2) is 41.4 Å². The summed E-state index contributed by atoms with van der Waals surface area (Å²) in [5.41, 5.74) is 0. The van der Waals surface area contributed by atoms with Gasteiger partial charge < -0.3 is 19.4 Å². The number of aromatic nitrogens is 3. The second-order valence-electron chi connectivity index (χ2n) is 9.15. The Hall–Kier alpha value is -2.46. The highest BCUT2D eigenvalue weighted by molar-refractivity contribution is 9.10. The smallest absolute Gasteiger partial charge is 0.223 e.